The van der Waals surface area contributed by atoms with Crippen LogP contribution in [-0.4, -0.2) is 23.9 Å². The second-order valence-corrected chi connectivity index (χ2v) is 8.49. The molecule has 8 heteroatoms. The zero-order chi connectivity index (χ0) is 24.6. The van der Waals surface area contributed by atoms with E-state index in [0.29, 0.717) is 34.9 Å². The predicted molar refractivity (Wildman–Crippen MR) is 136 cm³/mol. The molecule has 178 valence electrons. The molecule has 35 heavy (non-hydrogen) atoms. The van der Waals surface area contributed by atoms with Crippen molar-refractivity contribution < 1.29 is 19.1 Å². The highest BCUT2D eigenvalue weighted by Crippen LogP contribution is 2.29. The Morgan fingerprint density at radius 1 is 0.943 bits per heavy atom. The number of ether oxygens (including phenoxy) is 2. The number of anilines is 1. The normalized spacial score (nSPS) is 11.4. The first-order valence-electron chi connectivity index (χ1n) is 11.0. The summed E-state index contributed by atoms with van der Waals surface area (Å²) in [4.78, 5) is 29.6. The Morgan fingerprint density at radius 2 is 1.77 bits per heavy atom. The molecule has 1 unspecified atom stereocenters. The molecular weight excluding hydrogens is 462 g/mol. The number of thiazole rings is 1. The Labute approximate surface area is 207 Å². The average Bonchev–Trinajstić information content (AvgIpc) is 3.41. The molecule has 0 saturated carbocycles. The van der Waals surface area contributed by atoms with Crippen molar-refractivity contribution in [3.8, 4) is 11.5 Å². The third-order valence-corrected chi connectivity index (χ3v) is 5.95. The number of amides is 2. The third kappa shape index (κ3) is 6.24. The van der Waals surface area contributed by atoms with Crippen molar-refractivity contribution in [2.24, 2.45) is 0 Å². The molecule has 2 N–H and O–H groups in total. The highest BCUT2D eigenvalue weighted by Gasteiger charge is 2.15. The summed E-state index contributed by atoms with van der Waals surface area (Å²) >= 11 is 1.50. The van der Waals surface area contributed by atoms with Crippen LogP contribution in [0.4, 0.5) is 5.69 Å². The number of aromatic nitrogens is 1. The smallest absolute Gasteiger partial charge is 0.255 e. The molecule has 0 saturated heterocycles. The molecule has 3 aromatic carbocycles. The second-order valence-electron chi connectivity index (χ2n) is 7.77. The third-order valence-electron chi connectivity index (χ3n) is 5.31. The van der Waals surface area contributed by atoms with Crippen molar-refractivity contribution in [1.29, 1.82) is 0 Å². The molecule has 0 aliphatic rings. The minimum Gasteiger partial charge on any atom is -0.493 e. The van der Waals surface area contributed by atoms with Gasteiger partial charge in [-0.1, -0.05) is 30.3 Å². The number of carbonyl (C=O) groups excluding carboxylic acids is 2. The van der Waals surface area contributed by atoms with Crippen molar-refractivity contribution in [1.82, 2.24) is 10.3 Å². The van der Waals surface area contributed by atoms with E-state index in [1.54, 1.807) is 35.8 Å². The molecule has 1 atom stereocenters. The van der Waals surface area contributed by atoms with Crippen molar-refractivity contribution in [2.45, 2.75) is 19.6 Å². The Bertz CT molecular complexity index is 1290. The lowest BCUT2D eigenvalue weighted by atomic mass is 10.1. The zero-order valence-electron chi connectivity index (χ0n) is 19.4. The van der Waals surface area contributed by atoms with E-state index >= 15 is 0 Å². The van der Waals surface area contributed by atoms with Crippen molar-refractivity contribution in [2.75, 3.05) is 12.4 Å². The van der Waals surface area contributed by atoms with E-state index in [9.17, 15) is 9.59 Å². The molecule has 1 aromatic heterocycles. The van der Waals surface area contributed by atoms with Crippen LogP contribution in [0.5, 0.6) is 11.5 Å². The first-order chi connectivity index (χ1) is 17.0. The molecular formula is C27H25N3O4S. The van der Waals surface area contributed by atoms with E-state index in [-0.39, 0.29) is 17.9 Å². The van der Waals surface area contributed by atoms with Gasteiger partial charge in [-0.05, 0) is 55.0 Å². The molecule has 7 nitrogen and oxygen atoms in total. The van der Waals surface area contributed by atoms with Gasteiger partial charge in [-0.15, -0.1) is 11.3 Å². The molecule has 0 radical (unpaired) electrons. The van der Waals surface area contributed by atoms with E-state index in [1.165, 1.54) is 18.4 Å². The van der Waals surface area contributed by atoms with Crippen LogP contribution < -0.4 is 20.1 Å². The zero-order valence-corrected chi connectivity index (χ0v) is 20.2. The summed E-state index contributed by atoms with van der Waals surface area (Å²) in [5.41, 5.74) is 5.11. The number of nitrogens with zero attached hydrogens (tertiary/aromatic N) is 1. The maximum Gasteiger partial charge on any atom is 0.255 e. The Hall–Kier alpha value is -4.17. The Balaban J connectivity index is 1.40. The fourth-order valence-electron chi connectivity index (χ4n) is 3.43. The standard InChI is InChI=1S/C27H25N3O4S/c1-18(20-9-6-10-22(13-20)30-26(31)19-7-4-3-5-8-19)29-27(32)21-11-12-24(25(14-21)33-2)34-15-23-16-35-17-28-23/h3-14,16-18H,15H2,1-2H3,(H,29,32)(H,30,31). The monoisotopic (exact) mass is 487 g/mol. The quantitative estimate of drug-likeness (QED) is 0.327. The van der Waals surface area contributed by atoms with E-state index in [1.807, 2.05) is 54.8 Å². The summed E-state index contributed by atoms with van der Waals surface area (Å²) in [6.07, 6.45) is 0. The van der Waals surface area contributed by atoms with Crippen LogP contribution in [0.25, 0.3) is 0 Å². The minimum absolute atomic E-state index is 0.191. The number of rotatable bonds is 9. The van der Waals surface area contributed by atoms with Gasteiger partial charge in [0.2, 0.25) is 0 Å². The van der Waals surface area contributed by atoms with E-state index in [4.69, 9.17) is 9.47 Å². The van der Waals surface area contributed by atoms with Crippen LogP contribution in [-0.2, 0) is 6.61 Å². The topological polar surface area (TPSA) is 89.6 Å². The largest absolute Gasteiger partial charge is 0.493 e. The SMILES string of the molecule is COc1cc(C(=O)NC(C)c2cccc(NC(=O)c3ccccc3)c2)ccc1OCc1cscn1. The summed E-state index contributed by atoms with van der Waals surface area (Å²) < 4.78 is 11.2. The van der Waals surface area contributed by atoms with E-state index < -0.39 is 0 Å². The number of hydrogen-bond donors (Lipinski definition) is 2. The van der Waals surface area contributed by atoms with Gasteiger partial charge in [0.25, 0.3) is 11.8 Å². The Morgan fingerprint density at radius 3 is 2.51 bits per heavy atom. The van der Waals surface area contributed by atoms with Gasteiger partial charge in [0, 0.05) is 22.2 Å². The number of nitrogens with one attached hydrogen (secondary N) is 2. The van der Waals surface area contributed by atoms with Gasteiger partial charge in [0.05, 0.1) is 24.4 Å². The lowest BCUT2D eigenvalue weighted by Gasteiger charge is -2.17. The van der Waals surface area contributed by atoms with Crippen LogP contribution in [0.15, 0.2) is 83.7 Å². The molecule has 1 heterocycles. The maximum absolute atomic E-state index is 12.9. The molecule has 2 amide bonds. The number of methoxy groups -OCH3 is 1. The molecule has 4 rings (SSSR count). The average molecular weight is 488 g/mol. The van der Waals surface area contributed by atoms with Gasteiger partial charge >= 0.3 is 0 Å². The molecule has 0 fully saturated rings. The summed E-state index contributed by atoms with van der Waals surface area (Å²) in [7, 11) is 1.53. The number of carbonyl (C=O) groups is 2. The van der Waals surface area contributed by atoms with Crippen LogP contribution in [0, 0.1) is 0 Å². The molecule has 0 aliphatic heterocycles. The summed E-state index contributed by atoms with van der Waals surface area (Å²) in [6, 6.07) is 21.2. The van der Waals surface area contributed by atoms with E-state index in [0.717, 1.165) is 11.3 Å². The molecule has 4 aromatic rings. The van der Waals surface area contributed by atoms with Crippen LogP contribution in [0.1, 0.15) is 44.9 Å². The first kappa shape index (κ1) is 24.0. The van der Waals surface area contributed by atoms with Crippen molar-refractivity contribution in [3.05, 3.63) is 106 Å². The van der Waals surface area contributed by atoms with Gasteiger partial charge < -0.3 is 20.1 Å². The van der Waals surface area contributed by atoms with Gasteiger partial charge in [-0.3, -0.25) is 9.59 Å². The van der Waals surface area contributed by atoms with Gasteiger partial charge in [-0.2, -0.15) is 0 Å². The van der Waals surface area contributed by atoms with Crippen LogP contribution in [0.3, 0.4) is 0 Å². The van der Waals surface area contributed by atoms with Gasteiger partial charge in [0.1, 0.15) is 6.61 Å². The highest BCUT2D eigenvalue weighted by molar-refractivity contribution is 7.07. The van der Waals surface area contributed by atoms with Crippen molar-refractivity contribution >= 4 is 28.8 Å². The number of hydrogen-bond acceptors (Lipinski definition) is 6. The number of benzene rings is 3. The molecule has 0 spiro atoms. The summed E-state index contributed by atoms with van der Waals surface area (Å²) in [6.45, 7) is 2.21. The van der Waals surface area contributed by atoms with Crippen LogP contribution >= 0.6 is 11.3 Å². The lowest BCUT2D eigenvalue weighted by molar-refractivity contribution is 0.0938. The van der Waals surface area contributed by atoms with Gasteiger partial charge in [-0.25, -0.2) is 4.98 Å². The fraction of sp³-hybridized carbons (Fsp3) is 0.148. The lowest BCUT2D eigenvalue weighted by Crippen LogP contribution is -2.26. The highest BCUT2D eigenvalue weighted by atomic mass is 32.1. The minimum atomic E-state index is -0.289. The van der Waals surface area contributed by atoms with E-state index in [2.05, 4.69) is 15.6 Å². The summed E-state index contributed by atoms with van der Waals surface area (Å²) in [5, 5.41) is 7.80. The second kappa shape index (κ2) is 11.3. The predicted octanol–water partition coefficient (Wildman–Crippen LogP) is 5.47. The summed E-state index contributed by atoms with van der Waals surface area (Å²) in [5.74, 6) is 0.558. The first-order valence-corrected chi connectivity index (χ1v) is 11.9. The van der Waals surface area contributed by atoms with Crippen LogP contribution in [0.2, 0.25) is 0 Å². The molecule has 0 aliphatic carbocycles. The van der Waals surface area contributed by atoms with Gasteiger partial charge in [0.15, 0.2) is 11.5 Å². The maximum atomic E-state index is 12.9. The van der Waals surface area contributed by atoms with Crippen molar-refractivity contribution in [3.63, 3.8) is 0 Å². The Kier molecular flexibility index (Phi) is 7.74. The fourth-order valence-corrected chi connectivity index (χ4v) is 3.97. The molecule has 0 bridgehead atoms.